The van der Waals surface area contributed by atoms with Gasteiger partial charge in [-0.25, -0.2) is 4.79 Å². The lowest BCUT2D eigenvalue weighted by molar-refractivity contribution is -0.142. The van der Waals surface area contributed by atoms with E-state index in [0.717, 1.165) is 4.90 Å². The van der Waals surface area contributed by atoms with Gasteiger partial charge in [-0.1, -0.05) is 11.6 Å². The highest BCUT2D eigenvalue weighted by molar-refractivity contribution is 7.99. The standard InChI is InChI=1S/C12H14ClNO4S/c13-8-1-3-9(4-2-8)19-6-5-11(16)14-10(7-15)12(17)18/h1-4,10,15H,5-7H2,(H,14,16)(H,17,18). The molecule has 0 heterocycles. The van der Waals surface area contributed by atoms with E-state index in [0.29, 0.717) is 10.8 Å². The molecule has 0 aliphatic carbocycles. The fourth-order valence-electron chi connectivity index (χ4n) is 1.24. The van der Waals surface area contributed by atoms with E-state index in [1.807, 2.05) is 12.1 Å². The van der Waals surface area contributed by atoms with Crippen molar-refractivity contribution in [1.29, 1.82) is 0 Å². The molecule has 1 amide bonds. The molecule has 0 aromatic heterocycles. The highest BCUT2D eigenvalue weighted by Gasteiger charge is 2.18. The lowest BCUT2D eigenvalue weighted by atomic mass is 10.3. The number of amides is 1. The fourth-order valence-corrected chi connectivity index (χ4v) is 2.22. The quantitative estimate of drug-likeness (QED) is 0.663. The van der Waals surface area contributed by atoms with Crippen LogP contribution in [0.2, 0.25) is 5.02 Å². The molecule has 104 valence electrons. The van der Waals surface area contributed by atoms with Crippen LogP contribution in [0.25, 0.3) is 0 Å². The van der Waals surface area contributed by atoms with Crippen LogP contribution in [0.5, 0.6) is 0 Å². The number of halogens is 1. The Morgan fingerprint density at radius 2 is 1.95 bits per heavy atom. The van der Waals surface area contributed by atoms with E-state index >= 15 is 0 Å². The van der Waals surface area contributed by atoms with E-state index in [1.54, 1.807) is 12.1 Å². The number of hydrogen-bond acceptors (Lipinski definition) is 4. The predicted molar refractivity (Wildman–Crippen MR) is 73.4 cm³/mol. The van der Waals surface area contributed by atoms with Crippen LogP contribution in [0.15, 0.2) is 29.2 Å². The fraction of sp³-hybridized carbons (Fsp3) is 0.333. The first-order valence-corrected chi connectivity index (χ1v) is 6.90. The Labute approximate surface area is 120 Å². The Bertz CT molecular complexity index is 438. The Morgan fingerprint density at radius 3 is 2.47 bits per heavy atom. The number of aliphatic carboxylic acids is 1. The number of carboxylic acid groups (broad SMARTS) is 1. The number of aliphatic hydroxyl groups excluding tert-OH is 1. The maximum atomic E-state index is 11.4. The molecule has 5 nitrogen and oxygen atoms in total. The molecule has 0 radical (unpaired) electrons. The van der Waals surface area contributed by atoms with E-state index < -0.39 is 24.5 Å². The van der Waals surface area contributed by atoms with Gasteiger partial charge in [-0.05, 0) is 24.3 Å². The van der Waals surface area contributed by atoms with Gasteiger partial charge in [0.05, 0.1) is 6.61 Å². The number of rotatable bonds is 7. The van der Waals surface area contributed by atoms with Crippen molar-refractivity contribution in [1.82, 2.24) is 5.32 Å². The first-order valence-electron chi connectivity index (χ1n) is 5.54. The summed E-state index contributed by atoms with van der Waals surface area (Å²) in [6, 6.07) is 5.97. The Balaban J connectivity index is 2.30. The van der Waals surface area contributed by atoms with Crippen molar-refractivity contribution in [2.75, 3.05) is 12.4 Å². The molecule has 1 aromatic rings. The molecule has 1 atom stereocenters. The van der Waals surface area contributed by atoms with Crippen molar-refractivity contribution in [2.45, 2.75) is 17.4 Å². The van der Waals surface area contributed by atoms with Crippen LogP contribution in [0.4, 0.5) is 0 Å². The zero-order valence-corrected chi connectivity index (χ0v) is 11.6. The third-order valence-corrected chi connectivity index (χ3v) is 3.49. The van der Waals surface area contributed by atoms with Crippen LogP contribution in [0.1, 0.15) is 6.42 Å². The van der Waals surface area contributed by atoms with Crippen molar-refractivity contribution in [2.24, 2.45) is 0 Å². The zero-order valence-electron chi connectivity index (χ0n) is 10.0. The Hall–Kier alpha value is -1.24. The summed E-state index contributed by atoms with van der Waals surface area (Å²) in [5.41, 5.74) is 0. The van der Waals surface area contributed by atoms with Crippen LogP contribution in [0, 0.1) is 0 Å². The van der Waals surface area contributed by atoms with Gasteiger partial charge in [-0.2, -0.15) is 0 Å². The minimum absolute atomic E-state index is 0.178. The molecule has 0 fully saturated rings. The number of carbonyl (C=O) groups excluding carboxylic acids is 1. The van der Waals surface area contributed by atoms with Crippen LogP contribution in [-0.4, -0.2) is 40.5 Å². The summed E-state index contributed by atoms with van der Waals surface area (Å²) in [5.74, 6) is -1.13. The predicted octanol–water partition coefficient (Wildman–Crippen LogP) is 1.38. The number of carboxylic acids is 1. The molecule has 0 saturated carbocycles. The van der Waals surface area contributed by atoms with Crippen LogP contribution >= 0.6 is 23.4 Å². The van der Waals surface area contributed by atoms with Crippen molar-refractivity contribution < 1.29 is 19.8 Å². The lowest BCUT2D eigenvalue weighted by Gasteiger charge is -2.11. The number of thioether (sulfide) groups is 1. The summed E-state index contributed by atoms with van der Waals surface area (Å²) in [5, 5.41) is 20.3. The van der Waals surface area contributed by atoms with Crippen molar-refractivity contribution in [3.63, 3.8) is 0 Å². The molecule has 0 saturated heterocycles. The summed E-state index contributed by atoms with van der Waals surface area (Å²) in [6.07, 6.45) is 0.178. The topological polar surface area (TPSA) is 86.6 Å². The molecule has 1 unspecified atom stereocenters. The first kappa shape index (κ1) is 15.8. The molecule has 1 rings (SSSR count). The molecule has 0 spiro atoms. The molecule has 1 aromatic carbocycles. The first-order chi connectivity index (χ1) is 9.02. The zero-order chi connectivity index (χ0) is 14.3. The second-order valence-electron chi connectivity index (χ2n) is 3.69. The third-order valence-electron chi connectivity index (χ3n) is 2.23. The van der Waals surface area contributed by atoms with E-state index in [4.69, 9.17) is 21.8 Å². The third kappa shape index (κ3) is 5.96. The number of carbonyl (C=O) groups is 2. The Morgan fingerprint density at radius 1 is 1.32 bits per heavy atom. The van der Waals surface area contributed by atoms with Gasteiger partial charge in [0.15, 0.2) is 0 Å². The molecule has 0 aliphatic heterocycles. The summed E-state index contributed by atoms with van der Waals surface area (Å²) in [6.45, 7) is -0.620. The Kier molecular flexibility index (Phi) is 6.69. The van der Waals surface area contributed by atoms with Gasteiger partial charge in [0.1, 0.15) is 6.04 Å². The second-order valence-corrected chi connectivity index (χ2v) is 5.30. The lowest BCUT2D eigenvalue weighted by Crippen LogP contribution is -2.43. The SMILES string of the molecule is O=C(CCSc1ccc(Cl)cc1)NC(CO)C(=O)O. The van der Waals surface area contributed by atoms with E-state index in [-0.39, 0.29) is 6.42 Å². The maximum Gasteiger partial charge on any atom is 0.328 e. The highest BCUT2D eigenvalue weighted by Crippen LogP contribution is 2.20. The summed E-state index contributed by atoms with van der Waals surface area (Å²) < 4.78 is 0. The maximum absolute atomic E-state index is 11.4. The van der Waals surface area contributed by atoms with E-state index in [1.165, 1.54) is 11.8 Å². The average Bonchev–Trinajstić information content (AvgIpc) is 2.38. The van der Waals surface area contributed by atoms with Gasteiger partial charge in [0.25, 0.3) is 0 Å². The van der Waals surface area contributed by atoms with Gasteiger partial charge in [0.2, 0.25) is 5.91 Å². The van der Waals surface area contributed by atoms with E-state index in [9.17, 15) is 9.59 Å². The van der Waals surface area contributed by atoms with Gasteiger partial charge < -0.3 is 15.5 Å². The largest absolute Gasteiger partial charge is 0.480 e. The van der Waals surface area contributed by atoms with Crippen molar-refractivity contribution in [3.8, 4) is 0 Å². The number of benzene rings is 1. The number of nitrogens with one attached hydrogen (secondary N) is 1. The van der Waals surface area contributed by atoms with Crippen LogP contribution < -0.4 is 5.32 Å². The number of aliphatic hydroxyl groups is 1. The van der Waals surface area contributed by atoms with Crippen molar-refractivity contribution in [3.05, 3.63) is 29.3 Å². The summed E-state index contributed by atoms with van der Waals surface area (Å²) >= 11 is 7.22. The second kappa shape index (κ2) is 8.04. The average molecular weight is 304 g/mol. The monoisotopic (exact) mass is 303 g/mol. The van der Waals surface area contributed by atoms with Gasteiger partial charge in [0, 0.05) is 22.1 Å². The minimum atomic E-state index is -1.25. The normalized spacial score (nSPS) is 11.9. The molecule has 0 aliphatic rings. The molecule has 7 heteroatoms. The molecule has 19 heavy (non-hydrogen) atoms. The summed E-state index contributed by atoms with van der Waals surface area (Å²) in [4.78, 5) is 23.0. The summed E-state index contributed by atoms with van der Waals surface area (Å²) in [7, 11) is 0. The van der Waals surface area contributed by atoms with Crippen LogP contribution in [-0.2, 0) is 9.59 Å². The number of hydrogen-bond donors (Lipinski definition) is 3. The van der Waals surface area contributed by atoms with Gasteiger partial charge in [-0.3, -0.25) is 4.79 Å². The minimum Gasteiger partial charge on any atom is -0.480 e. The van der Waals surface area contributed by atoms with Gasteiger partial charge in [-0.15, -0.1) is 11.8 Å². The highest BCUT2D eigenvalue weighted by atomic mass is 35.5. The molecular weight excluding hydrogens is 290 g/mol. The van der Waals surface area contributed by atoms with E-state index in [2.05, 4.69) is 5.32 Å². The molecule has 3 N–H and O–H groups in total. The molecule has 0 bridgehead atoms. The van der Waals surface area contributed by atoms with Crippen molar-refractivity contribution >= 4 is 35.2 Å². The van der Waals surface area contributed by atoms with Crippen LogP contribution in [0.3, 0.4) is 0 Å². The smallest absolute Gasteiger partial charge is 0.328 e. The molecular formula is C12H14ClNO4S. The van der Waals surface area contributed by atoms with Gasteiger partial charge >= 0.3 is 5.97 Å².